The minimum Gasteiger partial charge on any atom is -0.324 e. The van der Waals surface area contributed by atoms with E-state index in [9.17, 15) is 4.79 Å². The summed E-state index contributed by atoms with van der Waals surface area (Å²) in [4.78, 5) is 15.5. The number of anilines is 1. The van der Waals surface area contributed by atoms with Gasteiger partial charge in [0.1, 0.15) is 12.7 Å². The lowest BCUT2D eigenvalue weighted by molar-refractivity contribution is -0.116. The molecule has 1 aromatic carbocycles. The number of halogens is 1. The molecular weight excluding hydrogens is 252 g/mol. The van der Waals surface area contributed by atoms with Gasteiger partial charge < -0.3 is 5.32 Å². The van der Waals surface area contributed by atoms with Gasteiger partial charge in [0.25, 0.3) is 0 Å². The Balaban J connectivity index is 2.32. The summed E-state index contributed by atoms with van der Waals surface area (Å²) in [6.45, 7) is 1.95. The van der Waals surface area contributed by atoms with Gasteiger partial charge in [-0.2, -0.15) is 5.10 Å². The van der Waals surface area contributed by atoms with E-state index in [2.05, 4.69) is 15.4 Å². The van der Waals surface area contributed by atoms with Crippen molar-refractivity contribution in [3.63, 3.8) is 0 Å². The Morgan fingerprint density at radius 1 is 1.50 bits per heavy atom. The van der Waals surface area contributed by atoms with Crippen molar-refractivity contribution in [3.8, 4) is 5.69 Å². The number of nitrogens with zero attached hydrogens (tertiary/aromatic N) is 3. The second kappa shape index (κ2) is 5.64. The van der Waals surface area contributed by atoms with E-state index in [1.165, 1.54) is 6.33 Å². The van der Waals surface area contributed by atoms with E-state index in [-0.39, 0.29) is 5.91 Å². The van der Waals surface area contributed by atoms with Crippen LogP contribution in [0.3, 0.4) is 0 Å². The monoisotopic (exact) mass is 264 g/mol. The third-order valence-electron chi connectivity index (χ3n) is 2.38. The van der Waals surface area contributed by atoms with Crippen LogP contribution in [0, 0.1) is 0 Å². The molecule has 5 nitrogen and oxygen atoms in total. The number of benzene rings is 1. The molecule has 2 rings (SSSR count). The molecule has 0 aliphatic heterocycles. The number of carbonyl (C=O) groups excluding carboxylic acids is 1. The second-order valence-electron chi connectivity index (χ2n) is 3.80. The number of amides is 1. The number of hydrogen-bond acceptors (Lipinski definition) is 3. The first-order valence-electron chi connectivity index (χ1n) is 5.65. The molecule has 1 amide bonds. The molecule has 0 aliphatic carbocycles. The molecule has 0 unspecified atom stereocenters. The van der Waals surface area contributed by atoms with Crippen LogP contribution in [0.25, 0.3) is 5.69 Å². The lowest BCUT2D eigenvalue weighted by Crippen LogP contribution is -2.13. The Hall–Kier alpha value is -1.88. The highest BCUT2D eigenvalue weighted by molar-refractivity contribution is 6.31. The molecule has 1 aromatic heterocycles. The van der Waals surface area contributed by atoms with Gasteiger partial charge in [-0.1, -0.05) is 18.5 Å². The van der Waals surface area contributed by atoms with Gasteiger partial charge >= 0.3 is 0 Å². The molecule has 1 heterocycles. The van der Waals surface area contributed by atoms with Crippen molar-refractivity contribution in [2.45, 2.75) is 19.8 Å². The molecule has 0 aliphatic rings. The van der Waals surface area contributed by atoms with Gasteiger partial charge in [-0.3, -0.25) is 4.79 Å². The third-order valence-corrected chi connectivity index (χ3v) is 2.61. The molecule has 0 radical (unpaired) electrons. The molecule has 6 heteroatoms. The third kappa shape index (κ3) is 2.87. The summed E-state index contributed by atoms with van der Waals surface area (Å²) in [5.74, 6) is -0.0406. The van der Waals surface area contributed by atoms with Gasteiger partial charge in [-0.05, 0) is 24.6 Å². The zero-order valence-electron chi connectivity index (χ0n) is 9.93. The van der Waals surface area contributed by atoms with Crippen molar-refractivity contribution in [2.24, 2.45) is 0 Å². The van der Waals surface area contributed by atoms with Crippen molar-refractivity contribution >= 4 is 23.2 Å². The summed E-state index contributed by atoms with van der Waals surface area (Å²) >= 11 is 5.94. The summed E-state index contributed by atoms with van der Waals surface area (Å²) in [6, 6.07) is 5.23. The van der Waals surface area contributed by atoms with E-state index in [1.54, 1.807) is 29.2 Å². The van der Waals surface area contributed by atoms with Gasteiger partial charge in [-0.25, -0.2) is 9.67 Å². The van der Waals surface area contributed by atoms with Crippen LogP contribution < -0.4 is 5.32 Å². The van der Waals surface area contributed by atoms with Crippen molar-refractivity contribution in [3.05, 3.63) is 35.9 Å². The number of hydrogen-bond donors (Lipinski definition) is 1. The summed E-state index contributed by atoms with van der Waals surface area (Å²) in [5, 5.41) is 7.43. The molecule has 1 N–H and O–H groups in total. The first-order chi connectivity index (χ1) is 8.70. The van der Waals surface area contributed by atoms with E-state index >= 15 is 0 Å². The molecule has 0 saturated carbocycles. The van der Waals surface area contributed by atoms with Crippen LogP contribution in [0.2, 0.25) is 5.02 Å². The topological polar surface area (TPSA) is 59.8 Å². The standard InChI is InChI=1S/C12H13ClN4O/c1-2-3-12(18)16-10-6-9(13)4-5-11(10)17-8-14-7-15-17/h4-8H,2-3H2,1H3,(H,16,18). The molecule has 0 fully saturated rings. The molecule has 0 spiro atoms. The Morgan fingerprint density at radius 2 is 2.33 bits per heavy atom. The van der Waals surface area contributed by atoms with E-state index < -0.39 is 0 Å². The number of carbonyl (C=O) groups is 1. The summed E-state index contributed by atoms with van der Waals surface area (Å²) in [7, 11) is 0. The normalized spacial score (nSPS) is 10.3. The van der Waals surface area contributed by atoms with E-state index in [0.29, 0.717) is 17.1 Å². The van der Waals surface area contributed by atoms with E-state index in [1.807, 2.05) is 6.92 Å². The van der Waals surface area contributed by atoms with Crippen molar-refractivity contribution < 1.29 is 4.79 Å². The Morgan fingerprint density at radius 3 is 3.00 bits per heavy atom. The SMILES string of the molecule is CCCC(=O)Nc1cc(Cl)ccc1-n1cncn1. The van der Waals surface area contributed by atoms with Crippen LogP contribution in [0.1, 0.15) is 19.8 Å². The summed E-state index contributed by atoms with van der Waals surface area (Å²) in [5.41, 5.74) is 1.37. The lowest BCUT2D eigenvalue weighted by atomic mass is 10.2. The molecule has 0 saturated heterocycles. The highest BCUT2D eigenvalue weighted by atomic mass is 35.5. The quantitative estimate of drug-likeness (QED) is 0.924. The average molecular weight is 265 g/mol. The Labute approximate surface area is 110 Å². The molecule has 2 aromatic rings. The fourth-order valence-corrected chi connectivity index (χ4v) is 1.75. The van der Waals surface area contributed by atoms with Crippen molar-refractivity contribution in [1.82, 2.24) is 14.8 Å². The average Bonchev–Trinajstić information content (AvgIpc) is 2.83. The fraction of sp³-hybridized carbons (Fsp3) is 0.250. The van der Waals surface area contributed by atoms with E-state index in [4.69, 9.17) is 11.6 Å². The molecular formula is C12H13ClN4O. The van der Waals surface area contributed by atoms with Gasteiger partial charge in [0.15, 0.2) is 0 Å². The molecule has 0 atom stereocenters. The number of aromatic nitrogens is 3. The first-order valence-corrected chi connectivity index (χ1v) is 6.03. The minimum atomic E-state index is -0.0406. The maximum atomic E-state index is 11.6. The zero-order valence-corrected chi connectivity index (χ0v) is 10.7. The van der Waals surface area contributed by atoms with Crippen molar-refractivity contribution in [1.29, 1.82) is 0 Å². The van der Waals surface area contributed by atoms with Gasteiger partial charge in [-0.15, -0.1) is 0 Å². The number of rotatable bonds is 4. The molecule has 0 bridgehead atoms. The Bertz CT molecular complexity index is 539. The van der Waals surface area contributed by atoms with Gasteiger partial charge in [0.2, 0.25) is 5.91 Å². The van der Waals surface area contributed by atoms with Crippen molar-refractivity contribution in [2.75, 3.05) is 5.32 Å². The smallest absolute Gasteiger partial charge is 0.224 e. The zero-order chi connectivity index (χ0) is 13.0. The van der Waals surface area contributed by atoms with Crippen LogP contribution in [0.15, 0.2) is 30.9 Å². The van der Waals surface area contributed by atoms with Crippen LogP contribution in [0.5, 0.6) is 0 Å². The number of nitrogens with one attached hydrogen (secondary N) is 1. The predicted octanol–water partition coefficient (Wildman–Crippen LogP) is 2.66. The summed E-state index contributed by atoms with van der Waals surface area (Å²) in [6.07, 6.45) is 4.28. The minimum absolute atomic E-state index is 0.0406. The lowest BCUT2D eigenvalue weighted by Gasteiger charge is -2.10. The maximum absolute atomic E-state index is 11.6. The summed E-state index contributed by atoms with van der Waals surface area (Å²) < 4.78 is 1.58. The highest BCUT2D eigenvalue weighted by Gasteiger charge is 2.09. The predicted molar refractivity (Wildman–Crippen MR) is 69.9 cm³/mol. The maximum Gasteiger partial charge on any atom is 0.224 e. The van der Waals surface area contributed by atoms with Crippen LogP contribution in [0.4, 0.5) is 5.69 Å². The molecule has 94 valence electrons. The first kappa shape index (κ1) is 12.6. The molecule has 18 heavy (non-hydrogen) atoms. The largest absolute Gasteiger partial charge is 0.324 e. The second-order valence-corrected chi connectivity index (χ2v) is 4.24. The van der Waals surface area contributed by atoms with Crippen LogP contribution in [-0.2, 0) is 4.79 Å². The van der Waals surface area contributed by atoms with Crippen LogP contribution in [-0.4, -0.2) is 20.7 Å². The highest BCUT2D eigenvalue weighted by Crippen LogP contribution is 2.24. The van der Waals surface area contributed by atoms with Crippen LogP contribution >= 0.6 is 11.6 Å². The Kier molecular flexibility index (Phi) is 3.94. The van der Waals surface area contributed by atoms with Gasteiger partial charge in [0.05, 0.1) is 11.4 Å². The van der Waals surface area contributed by atoms with Gasteiger partial charge in [0, 0.05) is 11.4 Å². The van der Waals surface area contributed by atoms with E-state index in [0.717, 1.165) is 12.1 Å². The fourth-order valence-electron chi connectivity index (χ4n) is 1.58.